The molecule has 124 valence electrons. The Balaban J connectivity index is 1.70. The van der Waals surface area contributed by atoms with Gasteiger partial charge in [0.1, 0.15) is 5.75 Å². The van der Waals surface area contributed by atoms with Gasteiger partial charge in [0.2, 0.25) is 0 Å². The summed E-state index contributed by atoms with van der Waals surface area (Å²) < 4.78 is 7.36. The molecule has 0 amide bonds. The summed E-state index contributed by atoms with van der Waals surface area (Å²) in [6.45, 7) is 4.46. The Morgan fingerprint density at radius 1 is 1.17 bits per heavy atom. The molecule has 4 rings (SSSR count). The summed E-state index contributed by atoms with van der Waals surface area (Å²) in [6.07, 6.45) is 1.91. The second-order valence-corrected chi connectivity index (χ2v) is 7.81. The summed E-state index contributed by atoms with van der Waals surface area (Å²) in [7, 11) is 0. The van der Waals surface area contributed by atoms with E-state index in [4.69, 9.17) is 9.84 Å². The van der Waals surface area contributed by atoms with E-state index in [1.807, 2.05) is 6.07 Å². The number of para-hydroxylation sites is 1. The van der Waals surface area contributed by atoms with E-state index < -0.39 is 0 Å². The minimum atomic E-state index is 0.0119. The number of hydrazone groups is 1. The van der Waals surface area contributed by atoms with Gasteiger partial charge in [0.25, 0.3) is 0 Å². The molecule has 0 fully saturated rings. The van der Waals surface area contributed by atoms with Crippen molar-refractivity contribution in [2.45, 2.75) is 39.0 Å². The second-order valence-electron chi connectivity index (χ2n) is 6.89. The first-order valence-corrected chi connectivity index (χ1v) is 9.28. The molecular formula is C20H21BrN2O. The van der Waals surface area contributed by atoms with Gasteiger partial charge in [-0.3, -0.25) is 5.01 Å². The number of benzene rings is 2. The molecule has 0 aliphatic carbocycles. The number of rotatable bonds is 3. The van der Waals surface area contributed by atoms with E-state index in [9.17, 15) is 0 Å². The van der Waals surface area contributed by atoms with Gasteiger partial charge >= 0.3 is 0 Å². The molecule has 2 aliphatic heterocycles. The molecular weight excluding hydrogens is 364 g/mol. The maximum atomic E-state index is 6.27. The van der Waals surface area contributed by atoms with Crippen molar-refractivity contribution in [1.29, 1.82) is 0 Å². The molecule has 2 aromatic rings. The number of hydrogen-bond donors (Lipinski definition) is 0. The topological polar surface area (TPSA) is 24.8 Å². The molecule has 2 aliphatic rings. The number of nitrogens with zero attached hydrogens (tertiary/aromatic N) is 2. The van der Waals surface area contributed by atoms with E-state index in [1.165, 1.54) is 11.1 Å². The number of halogens is 1. The van der Waals surface area contributed by atoms with Crippen molar-refractivity contribution in [1.82, 2.24) is 5.01 Å². The van der Waals surface area contributed by atoms with Gasteiger partial charge in [-0.15, -0.1) is 0 Å². The predicted octanol–water partition coefficient (Wildman–Crippen LogP) is 5.36. The van der Waals surface area contributed by atoms with Crippen molar-refractivity contribution in [3.63, 3.8) is 0 Å². The lowest BCUT2D eigenvalue weighted by Crippen LogP contribution is -2.41. The van der Waals surface area contributed by atoms with Crippen LogP contribution in [0.5, 0.6) is 5.75 Å². The van der Waals surface area contributed by atoms with Crippen LogP contribution in [0.2, 0.25) is 0 Å². The predicted molar refractivity (Wildman–Crippen MR) is 100 cm³/mol. The van der Waals surface area contributed by atoms with Crippen LogP contribution in [0.15, 0.2) is 58.1 Å². The molecule has 3 nitrogen and oxygen atoms in total. The fourth-order valence-electron chi connectivity index (χ4n) is 3.49. The second kappa shape index (κ2) is 6.25. The van der Waals surface area contributed by atoms with Gasteiger partial charge in [0.05, 0.1) is 11.8 Å². The van der Waals surface area contributed by atoms with Crippen molar-refractivity contribution in [3.8, 4) is 5.75 Å². The summed E-state index contributed by atoms with van der Waals surface area (Å²) in [4.78, 5) is 0. The van der Waals surface area contributed by atoms with Crippen LogP contribution in [0.3, 0.4) is 0 Å². The van der Waals surface area contributed by atoms with Crippen LogP contribution in [0.4, 0.5) is 0 Å². The Morgan fingerprint density at radius 3 is 2.67 bits per heavy atom. The first-order chi connectivity index (χ1) is 11.6. The normalized spacial score (nSPS) is 22.0. The molecule has 2 heterocycles. The van der Waals surface area contributed by atoms with Crippen LogP contribution in [0.25, 0.3) is 0 Å². The van der Waals surface area contributed by atoms with Crippen molar-refractivity contribution in [3.05, 3.63) is 64.1 Å². The number of ether oxygens (including phenoxy) is 1. The lowest BCUT2D eigenvalue weighted by Gasteiger charge is -2.38. The van der Waals surface area contributed by atoms with Crippen LogP contribution in [0, 0.1) is 5.92 Å². The highest BCUT2D eigenvalue weighted by Gasteiger charge is 2.40. The van der Waals surface area contributed by atoms with E-state index in [0.717, 1.165) is 28.8 Å². The average Bonchev–Trinajstić information content (AvgIpc) is 3.01. The highest BCUT2D eigenvalue weighted by molar-refractivity contribution is 9.10. The van der Waals surface area contributed by atoms with Crippen LogP contribution < -0.4 is 4.74 Å². The Bertz CT molecular complexity index is 769. The summed E-state index contributed by atoms with van der Waals surface area (Å²) >= 11 is 3.50. The fraction of sp³-hybridized carbons (Fsp3) is 0.350. The Kier molecular flexibility index (Phi) is 4.09. The third-order valence-electron chi connectivity index (χ3n) is 4.63. The molecule has 0 aromatic heterocycles. The Hall–Kier alpha value is -1.81. The van der Waals surface area contributed by atoms with E-state index in [2.05, 4.69) is 77.3 Å². The van der Waals surface area contributed by atoms with Gasteiger partial charge in [-0.2, -0.15) is 5.10 Å². The quantitative estimate of drug-likeness (QED) is 0.710. The van der Waals surface area contributed by atoms with Crippen LogP contribution in [0.1, 0.15) is 43.9 Å². The average molecular weight is 385 g/mol. The van der Waals surface area contributed by atoms with Gasteiger partial charge in [0, 0.05) is 22.9 Å². The highest BCUT2D eigenvalue weighted by Crippen LogP contribution is 2.44. The van der Waals surface area contributed by atoms with Crippen molar-refractivity contribution >= 4 is 21.6 Å². The van der Waals surface area contributed by atoms with Gasteiger partial charge in [-0.25, -0.2) is 0 Å². The van der Waals surface area contributed by atoms with Gasteiger partial charge < -0.3 is 4.74 Å². The molecule has 0 saturated carbocycles. The third kappa shape index (κ3) is 2.84. The van der Waals surface area contributed by atoms with E-state index in [1.54, 1.807) is 0 Å². The zero-order chi connectivity index (χ0) is 16.7. The highest BCUT2D eigenvalue weighted by atomic mass is 79.9. The van der Waals surface area contributed by atoms with Crippen molar-refractivity contribution < 1.29 is 4.74 Å². The first-order valence-electron chi connectivity index (χ1n) is 8.49. The lowest BCUT2D eigenvalue weighted by molar-refractivity contribution is -0.0291. The van der Waals surface area contributed by atoms with Crippen molar-refractivity contribution in [2.24, 2.45) is 11.0 Å². The van der Waals surface area contributed by atoms with Crippen molar-refractivity contribution in [2.75, 3.05) is 0 Å². The smallest absolute Gasteiger partial charge is 0.188 e. The van der Waals surface area contributed by atoms with Crippen LogP contribution >= 0.6 is 15.9 Å². The molecule has 0 radical (unpaired) electrons. The van der Waals surface area contributed by atoms with Crippen LogP contribution in [-0.2, 0) is 0 Å². The minimum absolute atomic E-state index is 0.0119. The minimum Gasteiger partial charge on any atom is -0.469 e. The summed E-state index contributed by atoms with van der Waals surface area (Å²) in [5.74, 6) is 1.57. The largest absolute Gasteiger partial charge is 0.469 e. The van der Waals surface area contributed by atoms with E-state index in [0.29, 0.717) is 5.92 Å². The molecule has 0 bridgehead atoms. The van der Waals surface area contributed by atoms with E-state index in [-0.39, 0.29) is 12.3 Å². The van der Waals surface area contributed by atoms with E-state index >= 15 is 0 Å². The molecule has 2 atom stereocenters. The summed E-state index contributed by atoms with van der Waals surface area (Å²) in [5, 5.41) is 7.13. The maximum Gasteiger partial charge on any atom is 0.188 e. The number of hydrogen-bond acceptors (Lipinski definition) is 3. The molecule has 0 spiro atoms. The third-order valence-corrected chi connectivity index (χ3v) is 5.16. The monoisotopic (exact) mass is 384 g/mol. The Labute approximate surface area is 151 Å². The SMILES string of the molecule is CC(C)C[C@H]1Oc2ccccc2[C@H]2CC(c3ccc(Br)cc3)=NN21. The van der Waals surface area contributed by atoms with Gasteiger partial charge in [0.15, 0.2) is 6.23 Å². The molecule has 0 saturated heterocycles. The first kappa shape index (κ1) is 15.7. The zero-order valence-electron chi connectivity index (χ0n) is 13.9. The summed E-state index contributed by atoms with van der Waals surface area (Å²) in [5.41, 5.74) is 3.57. The van der Waals surface area contributed by atoms with Gasteiger partial charge in [-0.1, -0.05) is 60.1 Å². The Morgan fingerprint density at radius 2 is 1.92 bits per heavy atom. The lowest BCUT2D eigenvalue weighted by atomic mass is 9.96. The molecule has 2 aromatic carbocycles. The molecule has 0 N–H and O–H groups in total. The fourth-order valence-corrected chi connectivity index (χ4v) is 3.75. The molecule has 24 heavy (non-hydrogen) atoms. The summed E-state index contributed by atoms with van der Waals surface area (Å²) in [6, 6.07) is 17.1. The molecule has 4 heteroatoms. The zero-order valence-corrected chi connectivity index (χ0v) is 15.5. The number of fused-ring (bicyclic) bond motifs is 3. The maximum absolute atomic E-state index is 6.27. The molecule has 0 unspecified atom stereocenters. The standard InChI is InChI=1S/C20H21BrN2O/c1-13(2)11-20-23-18(16-5-3-4-6-19(16)24-20)12-17(22-23)14-7-9-15(21)10-8-14/h3-10,13,18,20H,11-12H2,1-2H3/t18-,20-/m1/s1. The van der Waals surface area contributed by atoms with Crippen LogP contribution in [-0.4, -0.2) is 16.9 Å². The van der Waals surface area contributed by atoms with Gasteiger partial charge in [-0.05, 0) is 29.7 Å².